The van der Waals surface area contributed by atoms with Crippen LogP contribution in [0.3, 0.4) is 0 Å². The molecular weight excluding hydrogens is 464 g/mol. The molecule has 0 radical (unpaired) electrons. The van der Waals surface area contributed by atoms with Gasteiger partial charge in [0.2, 0.25) is 11.8 Å². The van der Waals surface area contributed by atoms with Gasteiger partial charge in [0.15, 0.2) is 6.20 Å². The van der Waals surface area contributed by atoms with Crippen molar-refractivity contribution >= 4 is 34.9 Å². The third-order valence-corrected chi connectivity index (χ3v) is 8.04. The minimum atomic E-state index is -0.603. The Morgan fingerprint density at radius 1 is 1.03 bits per heavy atom. The largest absolute Gasteiger partial charge is 0.371 e. The van der Waals surface area contributed by atoms with Crippen LogP contribution in [0.1, 0.15) is 41.6 Å². The summed E-state index contributed by atoms with van der Waals surface area (Å²) in [7, 11) is 0. The average molecular weight is 491 g/mol. The van der Waals surface area contributed by atoms with E-state index in [1.807, 2.05) is 18.2 Å². The SMILES string of the molecule is O=C1CCC(N2Cc3ccc(N4CCC5(CC4)CN(c4ccc([N+](=O)[O-])nc4)C5)cc3C2=O)C(=O)N1. The number of nitrogens with one attached hydrogen (secondary N) is 1. The maximum Gasteiger partial charge on any atom is 0.363 e. The zero-order chi connectivity index (χ0) is 25.0. The van der Waals surface area contributed by atoms with Crippen molar-refractivity contribution in [1.82, 2.24) is 15.2 Å². The van der Waals surface area contributed by atoms with Crippen molar-refractivity contribution in [2.75, 3.05) is 36.0 Å². The number of nitrogens with zero attached hydrogens (tertiary/aromatic N) is 5. The van der Waals surface area contributed by atoms with Crippen molar-refractivity contribution in [1.29, 1.82) is 0 Å². The number of rotatable bonds is 4. The van der Waals surface area contributed by atoms with Gasteiger partial charge in [0.1, 0.15) is 6.04 Å². The second kappa shape index (κ2) is 8.28. The topological polar surface area (TPSA) is 129 Å². The first-order valence-corrected chi connectivity index (χ1v) is 12.2. The number of hydrogen-bond donors (Lipinski definition) is 1. The molecule has 1 atom stereocenters. The van der Waals surface area contributed by atoms with Crippen LogP contribution in [0.15, 0.2) is 36.5 Å². The Hall–Kier alpha value is -4.02. The molecule has 0 saturated carbocycles. The molecule has 11 nitrogen and oxygen atoms in total. The monoisotopic (exact) mass is 490 g/mol. The first-order valence-electron chi connectivity index (χ1n) is 12.2. The van der Waals surface area contributed by atoms with Crippen molar-refractivity contribution in [2.24, 2.45) is 5.41 Å². The van der Waals surface area contributed by atoms with Gasteiger partial charge in [-0.25, -0.2) is 0 Å². The van der Waals surface area contributed by atoms with Crippen molar-refractivity contribution in [3.63, 3.8) is 0 Å². The van der Waals surface area contributed by atoms with Gasteiger partial charge >= 0.3 is 5.82 Å². The molecular formula is C25H26N6O5. The number of fused-ring (bicyclic) bond motifs is 1. The smallest absolute Gasteiger partial charge is 0.363 e. The zero-order valence-corrected chi connectivity index (χ0v) is 19.7. The van der Waals surface area contributed by atoms with E-state index in [1.165, 1.54) is 6.07 Å². The Bertz CT molecular complexity index is 1260. The molecule has 186 valence electrons. The molecule has 1 spiro atoms. The lowest BCUT2D eigenvalue weighted by Gasteiger charge is -2.55. The van der Waals surface area contributed by atoms with Gasteiger partial charge in [0, 0.05) is 61.9 Å². The molecule has 3 fully saturated rings. The third kappa shape index (κ3) is 3.75. The minimum Gasteiger partial charge on any atom is -0.371 e. The molecule has 4 aliphatic heterocycles. The second-order valence-corrected chi connectivity index (χ2v) is 10.2. The fourth-order valence-electron chi connectivity index (χ4n) is 5.91. The third-order valence-electron chi connectivity index (χ3n) is 8.04. The van der Waals surface area contributed by atoms with Crippen LogP contribution in [0.25, 0.3) is 0 Å². The summed E-state index contributed by atoms with van der Waals surface area (Å²) in [5.41, 5.74) is 3.70. The molecule has 1 N–H and O–H groups in total. The molecule has 11 heteroatoms. The molecule has 1 unspecified atom stereocenters. The number of aromatic nitrogens is 1. The van der Waals surface area contributed by atoms with E-state index < -0.39 is 16.9 Å². The fraction of sp³-hybridized carbons (Fsp3) is 0.440. The number of imide groups is 1. The molecule has 1 aromatic heterocycles. The molecule has 3 amide bonds. The van der Waals surface area contributed by atoms with E-state index in [-0.39, 0.29) is 29.5 Å². The van der Waals surface area contributed by atoms with Crippen LogP contribution < -0.4 is 15.1 Å². The quantitative estimate of drug-likeness (QED) is 0.391. The Labute approximate surface area is 207 Å². The number of benzene rings is 1. The Kier molecular flexibility index (Phi) is 5.16. The molecule has 6 rings (SSSR count). The number of hydrogen-bond acceptors (Lipinski definition) is 8. The van der Waals surface area contributed by atoms with Crippen LogP contribution in [0.2, 0.25) is 0 Å². The Balaban J connectivity index is 1.08. The standard InChI is InChI=1S/C25H26N6O5/c32-22-6-4-20(23(33)27-22)30-13-16-1-2-17(11-19(16)24(30)34)28-9-7-25(8-10-28)14-29(15-25)18-3-5-21(26-12-18)31(35)36/h1-3,5,11-12,20H,4,6-10,13-15H2,(H,27,32,33). The second-order valence-electron chi connectivity index (χ2n) is 10.2. The summed E-state index contributed by atoms with van der Waals surface area (Å²) < 4.78 is 0. The van der Waals surface area contributed by atoms with Gasteiger partial charge in [0.25, 0.3) is 5.91 Å². The number of carbonyl (C=O) groups is 3. The highest BCUT2D eigenvalue weighted by atomic mass is 16.6. The van der Waals surface area contributed by atoms with E-state index in [2.05, 4.69) is 20.1 Å². The van der Waals surface area contributed by atoms with Crippen molar-refractivity contribution in [3.8, 4) is 0 Å². The molecule has 0 aliphatic carbocycles. The summed E-state index contributed by atoms with van der Waals surface area (Å²) >= 11 is 0. The maximum atomic E-state index is 13.1. The normalized spacial score (nSPS) is 22.9. The van der Waals surface area contributed by atoms with Gasteiger partial charge in [-0.1, -0.05) is 6.07 Å². The number of pyridine rings is 1. The molecule has 1 aromatic carbocycles. The predicted octanol–water partition coefficient (Wildman–Crippen LogP) is 1.86. The van der Waals surface area contributed by atoms with Gasteiger partial charge < -0.3 is 24.8 Å². The highest BCUT2D eigenvalue weighted by Gasteiger charge is 2.45. The first-order chi connectivity index (χ1) is 17.3. The lowest BCUT2D eigenvalue weighted by molar-refractivity contribution is -0.389. The van der Waals surface area contributed by atoms with Crippen LogP contribution in [0.4, 0.5) is 17.2 Å². The summed E-state index contributed by atoms with van der Waals surface area (Å²) in [5.74, 6) is -0.978. The lowest BCUT2D eigenvalue weighted by Crippen LogP contribution is -2.60. The molecule has 36 heavy (non-hydrogen) atoms. The van der Waals surface area contributed by atoms with E-state index in [1.54, 1.807) is 17.2 Å². The van der Waals surface area contributed by atoms with E-state index >= 15 is 0 Å². The number of carbonyl (C=O) groups excluding carboxylic acids is 3. The number of nitro groups is 1. The van der Waals surface area contributed by atoms with Crippen molar-refractivity contribution in [3.05, 3.63) is 57.8 Å². The van der Waals surface area contributed by atoms with Gasteiger partial charge in [-0.15, -0.1) is 0 Å². The molecule has 3 saturated heterocycles. The van der Waals surface area contributed by atoms with Crippen molar-refractivity contribution in [2.45, 2.75) is 38.3 Å². The predicted molar refractivity (Wildman–Crippen MR) is 129 cm³/mol. The van der Waals surface area contributed by atoms with Crippen LogP contribution in [0, 0.1) is 15.5 Å². The maximum absolute atomic E-state index is 13.1. The van der Waals surface area contributed by atoms with E-state index in [4.69, 9.17) is 0 Å². The number of piperidine rings is 2. The summed E-state index contributed by atoms with van der Waals surface area (Å²) in [6.07, 6.45) is 4.22. The van der Waals surface area contributed by atoms with Crippen LogP contribution in [-0.4, -0.2) is 64.7 Å². The summed E-state index contributed by atoms with van der Waals surface area (Å²) in [6, 6.07) is 8.57. The van der Waals surface area contributed by atoms with Crippen LogP contribution in [0.5, 0.6) is 0 Å². The Morgan fingerprint density at radius 3 is 2.44 bits per heavy atom. The van der Waals surface area contributed by atoms with E-state index in [0.29, 0.717) is 18.5 Å². The first kappa shape index (κ1) is 22.4. The highest BCUT2D eigenvalue weighted by molar-refractivity contribution is 6.05. The molecule has 4 aliphatic rings. The minimum absolute atomic E-state index is 0.143. The molecule has 2 aromatic rings. The number of anilines is 2. The average Bonchev–Trinajstić information content (AvgIpc) is 3.18. The number of amides is 3. The van der Waals surface area contributed by atoms with Crippen molar-refractivity contribution < 1.29 is 19.3 Å². The fourth-order valence-corrected chi connectivity index (χ4v) is 5.91. The van der Waals surface area contributed by atoms with Gasteiger partial charge in [-0.3, -0.25) is 19.7 Å². The molecule has 0 bridgehead atoms. The summed E-state index contributed by atoms with van der Waals surface area (Å²) in [6.45, 7) is 3.97. The molecule has 5 heterocycles. The summed E-state index contributed by atoms with van der Waals surface area (Å²) in [4.78, 5) is 57.3. The van der Waals surface area contributed by atoms with Gasteiger partial charge in [-0.05, 0) is 52.9 Å². The van der Waals surface area contributed by atoms with Gasteiger partial charge in [-0.2, -0.15) is 0 Å². The van der Waals surface area contributed by atoms with Crippen LogP contribution >= 0.6 is 0 Å². The van der Waals surface area contributed by atoms with Crippen LogP contribution in [-0.2, 0) is 16.1 Å². The Morgan fingerprint density at radius 2 is 1.78 bits per heavy atom. The highest BCUT2D eigenvalue weighted by Crippen LogP contribution is 2.43. The lowest BCUT2D eigenvalue weighted by atomic mass is 9.71. The summed E-state index contributed by atoms with van der Waals surface area (Å²) in [5, 5.41) is 13.2. The zero-order valence-electron chi connectivity index (χ0n) is 19.7. The van der Waals surface area contributed by atoms with Gasteiger partial charge in [0.05, 0.1) is 5.69 Å². The van der Waals surface area contributed by atoms with E-state index in [0.717, 1.165) is 56.0 Å². The van der Waals surface area contributed by atoms with E-state index in [9.17, 15) is 24.5 Å².